The lowest BCUT2D eigenvalue weighted by Crippen LogP contribution is -2.64. The SMILES string of the molecule is O=C1COC2(CCNCC2F)CN1C1CC1. The number of morpholine rings is 1. The van der Waals surface area contributed by atoms with Gasteiger partial charge in [0, 0.05) is 12.6 Å². The Morgan fingerprint density at radius 3 is 3.00 bits per heavy atom. The van der Waals surface area contributed by atoms with Crippen LogP contribution in [0.5, 0.6) is 0 Å². The first-order valence-electron chi connectivity index (χ1n) is 5.99. The summed E-state index contributed by atoms with van der Waals surface area (Å²) in [7, 11) is 0. The van der Waals surface area contributed by atoms with E-state index in [4.69, 9.17) is 4.74 Å². The fourth-order valence-corrected chi connectivity index (χ4v) is 2.64. The van der Waals surface area contributed by atoms with Gasteiger partial charge in [0.2, 0.25) is 5.91 Å². The number of nitrogens with one attached hydrogen (secondary N) is 1. The third-order valence-corrected chi connectivity index (χ3v) is 3.85. The highest BCUT2D eigenvalue weighted by molar-refractivity contribution is 5.79. The minimum Gasteiger partial charge on any atom is -0.360 e. The molecule has 3 aliphatic rings. The van der Waals surface area contributed by atoms with Crippen LogP contribution >= 0.6 is 0 Å². The van der Waals surface area contributed by atoms with Crippen molar-refractivity contribution in [2.75, 3.05) is 26.2 Å². The summed E-state index contributed by atoms with van der Waals surface area (Å²) in [5, 5.41) is 3.02. The number of nitrogens with zero attached hydrogens (tertiary/aromatic N) is 1. The average molecular weight is 228 g/mol. The zero-order chi connectivity index (χ0) is 11.2. The van der Waals surface area contributed by atoms with E-state index in [0.717, 1.165) is 19.4 Å². The zero-order valence-corrected chi connectivity index (χ0v) is 9.25. The molecule has 5 heteroatoms. The second-order valence-corrected chi connectivity index (χ2v) is 5.03. The molecule has 0 radical (unpaired) electrons. The summed E-state index contributed by atoms with van der Waals surface area (Å²) in [5.41, 5.74) is -0.734. The van der Waals surface area contributed by atoms with E-state index >= 15 is 0 Å². The summed E-state index contributed by atoms with van der Waals surface area (Å²) in [4.78, 5) is 13.5. The topological polar surface area (TPSA) is 41.6 Å². The maximum atomic E-state index is 14.0. The first-order chi connectivity index (χ1) is 7.71. The van der Waals surface area contributed by atoms with Crippen molar-refractivity contribution < 1.29 is 13.9 Å². The molecule has 4 nitrogen and oxygen atoms in total. The summed E-state index contributed by atoms with van der Waals surface area (Å²) >= 11 is 0. The largest absolute Gasteiger partial charge is 0.360 e. The summed E-state index contributed by atoms with van der Waals surface area (Å²) in [6.45, 7) is 1.61. The van der Waals surface area contributed by atoms with Crippen LogP contribution < -0.4 is 5.32 Å². The van der Waals surface area contributed by atoms with Crippen molar-refractivity contribution in [2.24, 2.45) is 0 Å². The van der Waals surface area contributed by atoms with Crippen LogP contribution in [0, 0.1) is 0 Å². The van der Waals surface area contributed by atoms with Crippen molar-refractivity contribution in [3.05, 3.63) is 0 Å². The summed E-state index contributed by atoms with van der Waals surface area (Å²) < 4.78 is 19.5. The number of carbonyl (C=O) groups excluding carboxylic acids is 1. The maximum Gasteiger partial charge on any atom is 0.248 e. The molecule has 1 spiro atoms. The number of amides is 1. The van der Waals surface area contributed by atoms with E-state index in [1.165, 1.54) is 0 Å². The van der Waals surface area contributed by atoms with E-state index in [9.17, 15) is 9.18 Å². The number of carbonyl (C=O) groups is 1. The Morgan fingerprint density at radius 1 is 1.50 bits per heavy atom. The van der Waals surface area contributed by atoms with E-state index in [-0.39, 0.29) is 12.5 Å². The lowest BCUT2D eigenvalue weighted by atomic mass is 9.88. The van der Waals surface area contributed by atoms with E-state index in [1.807, 2.05) is 4.90 Å². The molecule has 3 rings (SSSR count). The predicted octanol–water partition coefficient (Wildman–Crippen LogP) is 0.0778. The first-order valence-corrected chi connectivity index (χ1v) is 5.99. The molecule has 1 aliphatic carbocycles. The third-order valence-electron chi connectivity index (χ3n) is 3.85. The van der Waals surface area contributed by atoms with Crippen molar-refractivity contribution >= 4 is 5.91 Å². The predicted molar refractivity (Wildman–Crippen MR) is 55.8 cm³/mol. The molecule has 2 heterocycles. The number of hydrogen-bond donors (Lipinski definition) is 1. The van der Waals surface area contributed by atoms with Crippen molar-refractivity contribution in [2.45, 2.75) is 37.1 Å². The van der Waals surface area contributed by atoms with Gasteiger partial charge in [-0.1, -0.05) is 0 Å². The van der Waals surface area contributed by atoms with Gasteiger partial charge in [0.15, 0.2) is 0 Å². The number of ether oxygens (including phenoxy) is 1. The Labute approximate surface area is 94.1 Å². The Morgan fingerprint density at radius 2 is 2.31 bits per heavy atom. The van der Waals surface area contributed by atoms with Gasteiger partial charge in [-0.25, -0.2) is 4.39 Å². The van der Waals surface area contributed by atoms with Gasteiger partial charge in [0.1, 0.15) is 18.4 Å². The van der Waals surface area contributed by atoms with Gasteiger partial charge < -0.3 is 15.0 Å². The van der Waals surface area contributed by atoms with E-state index in [1.54, 1.807) is 0 Å². The Bertz CT molecular complexity index is 308. The molecular weight excluding hydrogens is 211 g/mol. The fourth-order valence-electron chi connectivity index (χ4n) is 2.64. The molecule has 3 fully saturated rings. The summed E-state index contributed by atoms with van der Waals surface area (Å²) in [5.74, 6) is 0.0267. The third kappa shape index (κ3) is 1.62. The van der Waals surface area contributed by atoms with Gasteiger partial charge in [-0.3, -0.25) is 4.79 Å². The molecule has 1 saturated carbocycles. The number of rotatable bonds is 1. The lowest BCUT2D eigenvalue weighted by Gasteiger charge is -2.46. The van der Waals surface area contributed by atoms with Crippen LogP contribution in [0.2, 0.25) is 0 Å². The smallest absolute Gasteiger partial charge is 0.248 e. The average Bonchev–Trinajstić information content (AvgIpc) is 3.10. The highest BCUT2D eigenvalue weighted by Crippen LogP contribution is 2.36. The van der Waals surface area contributed by atoms with Crippen molar-refractivity contribution in [3.63, 3.8) is 0 Å². The minimum absolute atomic E-state index is 0.0267. The van der Waals surface area contributed by atoms with Crippen molar-refractivity contribution in [1.29, 1.82) is 0 Å². The Hall–Kier alpha value is -0.680. The van der Waals surface area contributed by atoms with Gasteiger partial charge in [-0.05, 0) is 25.8 Å². The monoisotopic (exact) mass is 228 g/mol. The van der Waals surface area contributed by atoms with Crippen LogP contribution in [-0.2, 0) is 9.53 Å². The second-order valence-electron chi connectivity index (χ2n) is 5.03. The van der Waals surface area contributed by atoms with E-state index in [2.05, 4.69) is 5.32 Å². The standard InChI is InChI=1S/C11H17FN2O2/c12-9-5-13-4-3-11(9)7-14(8-1-2-8)10(15)6-16-11/h8-9,13H,1-7H2. The molecule has 0 bridgehead atoms. The molecule has 1 N–H and O–H groups in total. The van der Waals surface area contributed by atoms with Crippen LogP contribution in [0.3, 0.4) is 0 Å². The van der Waals surface area contributed by atoms with Gasteiger partial charge >= 0.3 is 0 Å². The molecule has 0 aromatic rings. The normalized spacial score (nSPS) is 40.4. The van der Waals surface area contributed by atoms with E-state index < -0.39 is 11.8 Å². The zero-order valence-electron chi connectivity index (χ0n) is 9.25. The van der Waals surface area contributed by atoms with Crippen molar-refractivity contribution in [3.8, 4) is 0 Å². The molecule has 2 unspecified atom stereocenters. The number of halogens is 1. The fraction of sp³-hybridized carbons (Fsp3) is 0.909. The van der Waals surface area contributed by atoms with Gasteiger partial charge in [-0.2, -0.15) is 0 Å². The summed E-state index contributed by atoms with van der Waals surface area (Å²) in [6, 6.07) is 0.357. The molecule has 0 aromatic heterocycles. The number of alkyl halides is 1. The molecule has 2 atom stereocenters. The van der Waals surface area contributed by atoms with Gasteiger partial charge in [0.05, 0.1) is 6.54 Å². The second kappa shape index (κ2) is 3.67. The lowest BCUT2D eigenvalue weighted by molar-refractivity contribution is -0.181. The maximum absolute atomic E-state index is 14.0. The molecule has 2 aliphatic heterocycles. The first kappa shape index (κ1) is 10.5. The molecule has 90 valence electrons. The molecule has 0 aromatic carbocycles. The quantitative estimate of drug-likeness (QED) is 0.691. The Balaban J connectivity index is 1.77. The van der Waals surface area contributed by atoms with Crippen LogP contribution in [0.1, 0.15) is 19.3 Å². The highest BCUT2D eigenvalue weighted by atomic mass is 19.1. The van der Waals surface area contributed by atoms with Gasteiger partial charge in [-0.15, -0.1) is 0 Å². The van der Waals surface area contributed by atoms with Crippen LogP contribution in [0.15, 0.2) is 0 Å². The number of hydrogen-bond acceptors (Lipinski definition) is 3. The van der Waals surface area contributed by atoms with Gasteiger partial charge in [0.25, 0.3) is 0 Å². The highest BCUT2D eigenvalue weighted by Gasteiger charge is 2.50. The van der Waals surface area contributed by atoms with Crippen LogP contribution in [0.4, 0.5) is 4.39 Å². The molecule has 16 heavy (non-hydrogen) atoms. The van der Waals surface area contributed by atoms with Crippen LogP contribution in [0.25, 0.3) is 0 Å². The van der Waals surface area contributed by atoms with E-state index in [0.29, 0.717) is 25.6 Å². The Kier molecular flexibility index (Phi) is 2.40. The van der Waals surface area contributed by atoms with Crippen molar-refractivity contribution in [1.82, 2.24) is 10.2 Å². The molecule has 2 saturated heterocycles. The minimum atomic E-state index is -1.00. The van der Waals surface area contributed by atoms with Crippen LogP contribution in [-0.4, -0.2) is 54.9 Å². The molecule has 1 amide bonds. The summed E-state index contributed by atoms with van der Waals surface area (Å²) in [6.07, 6.45) is 1.79. The molecular formula is C11H17FN2O2. The number of piperidine rings is 1.